The fourth-order valence-corrected chi connectivity index (χ4v) is 1.43. The van der Waals surface area contributed by atoms with Crippen molar-refractivity contribution in [2.24, 2.45) is 0 Å². The van der Waals surface area contributed by atoms with Gasteiger partial charge in [0.25, 0.3) is 0 Å². The van der Waals surface area contributed by atoms with E-state index < -0.39 is 11.9 Å². The Balaban J connectivity index is 2.17. The number of aromatic carboxylic acids is 1. The number of carbonyl (C=O) groups excluding carboxylic acids is 1. The molecular formula is C13H9N3O4. The largest absolute Gasteiger partial charge is 0.476 e. The van der Waals surface area contributed by atoms with Crippen LogP contribution >= 0.6 is 0 Å². The van der Waals surface area contributed by atoms with Gasteiger partial charge in [0.2, 0.25) is 0 Å². The van der Waals surface area contributed by atoms with Crippen LogP contribution in [0.3, 0.4) is 0 Å². The molecule has 20 heavy (non-hydrogen) atoms. The number of esters is 1. The Bertz CT molecular complexity index is 682. The van der Waals surface area contributed by atoms with Crippen molar-refractivity contribution >= 4 is 11.9 Å². The second-order valence-corrected chi connectivity index (χ2v) is 3.68. The van der Waals surface area contributed by atoms with E-state index >= 15 is 0 Å². The highest BCUT2D eigenvalue weighted by Crippen LogP contribution is 2.10. The Hall–Kier alpha value is -3.14. The predicted octanol–water partition coefficient (Wildman–Crippen LogP) is 0.756. The molecule has 0 aliphatic heterocycles. The van der Waals surface area contributed by atoms with Crippen molar-refractivity contribution in [1.82, 2.24) is 15.0 Å². The number of hydrogen-bond acceptors (Lipinski definition) is 5. The third-order valence-corrected chi connectivity index (χ3v) is 2.37. The van der Waals surface area contributed by atoms with Crippen molar-refractivity contribution in [3.8, 4) is 18.0 Å². The van der Waals surface area contributed by atoms with E-state index in [0.29, 0.717) is 11.3 Å². The molecule has 1 aromatic carbocycles. The van der Waals surface area contributed by atoms with Crippen molar-refractivity contribution in [1.29, 1.82) is 0 Å². The molecule has 0 unspecified atom stereocenters. The Kier molecular flexibility index (Phi) is 3.77. The van der Waals surface area contributed by atoms with Crippen molar-refractivity contribution in [2.75, 3.05) is 6.61 Å². The SMILES string of the molecule is C#CCOC(=O)c1ccc(-n2cc(C(=O)O)nn2)cc1. The summed E-state index contributed by atoms with van der Waals surface area (Å²) in [4.78, 5) is 22.2. The zero-order valence-corrected chi connectivity index (χ0v) is 10.2. The third-order valence-electron chi connectivity index (χ3n) is 2.37. The maximum Gasteiger partial charge on any atom is 0.358 e. The number of nitrogens with zero attached hydrogens (tertiary/aromatic N) is 3. The number of benzene rings is 1. The second kappa shape index (κ2) is 5.67. The molecule has 0 radical (unpaired) electrons. The van der Waals surface area contributed by atoms with E-state index in [2.05, 4.69) is 16.2 Å². The summed E-state index contributed by atoms with van der Waals surface area (Å²) in [6.45, 7) is -0.0916. The first-order valence-electron chi connectivity index (χ1n) is 5.48. The second-order valence-electron chi connectivity index (χ2n) is 3.68. The van der Waals surface area contributed by atoms with Gasteiger partial charge in [0.1, 0.15) is 0 Å². The lowest BCUT2D eigenvalue weighted by Gasteiger charge is -2.03. The molecule has 1 heterocycles. The van der Waals surface area contributed by atoms with Gasteiger partial charge >= 0.3 is 11.9 Å². The molecule has 7 nitrogen and oxygen atoms in total. The zero-order chi connectivity index (χ0) is 14.5. The van der Waals surface area contributed by atoms with E-state index in [9.17, 15) is 9.59 Å². The number of carboxylic acid groups (broad SMARTS) is 1. The number of ether oxygens (including phenoxy) is 1. The van der Waals surface area contributed by atoms with E-state index in [1.54, 1.807) is 12.1 Å². The summed E-state index contributed by atoms with van der Waals surface area (Å²) < 4.78 is 6.06. The van der Waals surface area contributed by atoms with Gasteiger partial charge in [0.05, 0.1) is 17.4 Å². The minimum Gasteiger partial charge on any atom is -0.476 e. The Morgan fingerprint density at radius 1 is 1.35 bits per heavy atom. The summed E-state index contributed by atoms with van der Waals surface area (Å²) in [5.74, 6) is 0.508. The summed E-state index contributed by atoms with van der Waals surface area (Å²) in [5.41, 5.74) is 0.739. The smallest absolute Gasteiger partial charge is 0.358 e. The lowest BCUT2D eigenvalue weighted by atomic mass is 10.2. The predicted molar refractivity (Wildman–Crippen MR) is 67.4 cm³/mol. The van der Waals surface area contributed by atoms with Crippen LogP contribution in [-0.4, -0.2) is 38.6 Å². The fourth-order valence-electron chi connectivity index (χ4n) is 1.43. The molecule has 2 rings (SSSR count). The molecule has 0 saturated carbocycles. The van der Waals surface area contributed by atoms with Crippen molar-refractivity contribution < 1.29 is 19.4 Å². The highest BCUT2D eigenvalue weighted by atomic mass is 16.5. The molecule has 0 amide bonds. The van der Waals surface area contributed by atoms with Crippen LogP contribution in [0.5, 0.6) is 0 Å². The number of terminal acetylenes is 1. The van der Waals surface area contributed by atoms with Crippen LogP contribution in [0, 0.1) is 12.3 Å². The van der Waals surface area contributed by atoms with E-state index in [4.69, 9.17) is 16.3 Å². The molecule has 0 bridgehead atoms. The molecule has 0 aliphatic rings. The van der Waals surface area contributed by atoms with E-state index in [1.807, 2.05) is 0 Å². The van der Waals surface area contributed by atoms with Gasteiger partial charge in [-0.15, -0.1) is 11.5 Å². The van der Waals surface area contributed by atoms with Crippen LogP contribution in [-0.2, 0) is 4.74 Å². The number of hydrogen-bond donors (Lipinski definition) is 1. The van der Waals surface area contributed by atoms with Gasteiger partial charge in [-0.25, -0.2) is 14.3 Å². The van der Waals surface area contributed by atoms with Crippen LogP contribution < -0.4 is 0 Å². The molecule has 0 fully saturated rings. The summed E-state index contributed by atoms with van der Waals surface area (Å²) in [7, 11) is 0. The van der Waals surface area contributed by atoms with Crippen LogP contribution in [0.2, 0.25) is 0 Å². The maximum absolute atomic E-state index is 11.5. The minimum absolute atomic E-state index is 0.0916. The highest BCUT2D eigenvalue weighted by Gasteiger charge is 2.10. The fraction of sp³-hybridized carbons (Fsp3) is 0.0769. The summed E-state index contributed by atoms with van der Waals surface area (Å²) in [6, 6.07) is 6.23. The number of carbonyl (C=O) groups is 2. The van der Waals surface area contributed by atoms with E-state index in [1.165, 1.54) is 23.0 Å². The lowest BCUT2D eigenvalue weighted by molar-refractivity contribution is 0.0556. The first-order chi connectivity index (χ1) is 9.61. The molecule has 0 saturated heterocycles. The molecular weight excluding hydrogens is 262 g/mol. The molecule has 1 N–H and O–H groups in total. The monoisotopic (exact) mass is 271 g/mol. The number of carboxylic acids is 1. The zero-order valence-electron chi connectivity index (χ0n) is 10.2. The molecule has 2 aromatic rings. The standard InChI is InChI=1S/C13H9N3O4/c1-2-7-20-13(19)9-3-5-10(6-4-9)16-8-11(12(17)18)14-15-16/h1,3-6,8H,7H2,(H,17,18). The van der Waals surface area contributed by atoms with Gasteiger partial charge in [-0.1, -0.05) is 11.1 Å². The average Bonchev–Trinajstić information content (AvgIpc) is 2.95. The van der Waals surface area contributed by atoms with Crippen molar-refractivity contribution in [3.63, 3.8) is 0 Å². The highest BCUT2D eigenvalue weighted by molar-refractivity contribution is 5.89. The van der Waals surface area contributed by atoms with Crippen LogP contribution in [0.25, 0.3) is 5.69 Å². The van der Waals surface area contributed by atoms with E-state index in [0.717, 1.165) is 0 Å². The number of aromatic nitrogens is 3. The Labute approximate surface area is 113 Å². The number of rotatable bonds is 4. The molecule has 0 spiro atoms. The van der Waals surface area contributed by atoms with Gasteiger partial charge < -0.3 is 9.84 Å². The summed E-state index contributed by atoms with van der Waals surface area (Å²) >= 11 is 0. The average molecular weight is 271 g/mol. The van der Waals surface area contributed by atoms with Crippen molar-refractivity contribution in [3.05, 3.63) is 41.7 Å². The minimum atomic E-state index is -1.16. The maximum atomic E-state index is 11.5. The normalized spacial score (nSPS) is 9.75. The first-order valence-corrected chi connectivity index (χ1v) is 5.48. The topological polar surface area (TPSA) is 94.3 Å². The third kappa shape index (κ3) is 2.81. The van der Waals surface area contributed by atoms with Crippen molar-refractivity contribution in [2.45, 2.75) is 0 Å². The van der Waals surface area contributed by atoms with Gasteiger partial charge in [-0.2, -0.15) is 0 Å². The van der Waals surface area contributed by atoms with Gasteiger partial charge in [0, 0.05) is 0 Å². The Morgan fingerprint density at radius 3 is 2.60 bits per heavy atom. The summed E-state index contributed by atoms with van der Waals surface area (Å²) in [5, 5.41) is 15.9. The Morgan fingerprint density at radius 2 is 2.05 bits per heavy atom. The summed E-state index contributed by atoms with van der Waals surface area (Å²) in [6.07, 6.45) is 6.26. The van der Waals surface area contributed by atoms with Crippen LogP contribution in [0.1, 0.15) is 20.8 Å². The lowest BCUT2D eigenvalue weighted by Crippen LogP contribution is -2.05. The van der Waals surface area contributed by atoms with E-state index in [-0.39, 0.29) is 12.3 Å². The van der Waals surface area contributed by atoms with Gasteiger partial charge in [0.15, 0.2) is 12.3 Å². The van der Waals surface area contributed by atoms with Gasteiger partial charge in [-0.3, -0.25) is 0 Å². The quantitative estimate of drug-likeness (QED) is 0.651. The van der Waals surface area contributed by atoms with Crippen LogP contribution in [0.15, 0.2) is 30.5 Å². The van der Waals surface area contributed by atoms with Gasteiger partial charge in [-0.05, 0) is 24.3 Å². The van der Waals surface area contributed by atoms with Crippen LogP contribution in [0.4, 0.5) is 0 Å². The molecule has 7 heteroatoms. The molecule has 1 aromatic heterocycles. The molecule has 100 valence electrons. The molecule has 0 aliphatic carbocycles. The molecule has 0 atom stereocenters. The first kappa shape index (κ1) is 13.3.